The molecule has 1 unspecified atom stereocenters. The van der Waals surface area contributed by atoms with E-state index in [1.807, 2.05) is 18.3 Å². The number of aromatic nitrogens is 1. The SMILES string of the molecule is CCN1C(=S)NNC1c1cccnc1. The zero-order chi connectivity index (χ0) is 9.97. The summed E-state index contributed by atoms with van der Waals surface area (Å²) in [6.45, 7) is 2.95. The van der Waals surface area contributed by atoms with Crippen molar-refractivity contribution in [2.45, 2.75) is 13.1 Å². The van der Waals surface area contributed by atoms with Crippen LogP contribution in [0.4, 0.5) is 0 Å². The lowest BCUT2D eigenvalue weighted by molar-refractivity contribution is 0.328. The highest BCUT2D eigenvalue weighted by Crippen LogP contribution is 2.19. The van der Waals surface area contributed by atoms with Crippen LogP contribution >= 0.6 is 12.2 Å². The van der Waals surface area contributed by atoms with E-state index in [0.29, 0.717) is 0 Å². The predicted molar refractivity (Wildman–Crippen MR) is 58.2 cm³/mol. The van der Waals surface area contributed by atoms with Crippen LogP contribution in [0.3, 0.4) is 0 Å². The molecule has 0 spiro atoms. The van der Waals surface area contributed by atoms with Gasteiger partial charge in [0.2, 0.25) is 0 Å². The second-order valence-corrected chi connectivity index (χ2v) is 3.44. The van der Waals surface area contributed by atoms with Gasteiger partial charge in [-0.3, -0.25) is 10.4 Å². The molecule has 1 aliphatic rings. The summed E-state index contributed by atoms with van der Waals surface area (Å²) in [5.74, 6) is 0. The summed E-state index contributed by atoms with van der Waals surface area (Å²) in [5, 5.41) is 0.737. The van der Waals surface area contributed by atoms with E-state index in [9.17, 15) is 0 Å². The highest BCUT2D eigenvalue weighted by Gasteiger charge is 2.27. The number of thiocarbonyl (C=S) groups is 1. The molecule has 4 nitrogen and oxygen atoms in total. The number of hydrazine groups is 1. The van der Waals surface area contributed by atoms with Crippen LogP contribution in [0.25, 0.3) is 0 Å². The van der Waals surface area contributed by atoms with Gasteiger partial charge in [-0.2, -0.15) is 0 Å². The molecule has 1 aromatic heterocycles. The van der Waals surface area contributed by atoms with Gasteiger partial charge in [-0.05, 0) is 25.2 Å². The normalized spacial score (nSPS) is 21.1. The Morgan fingerprint density at radius 1 is 1.64 bits per heavy atom. The molecule has 5 heteroatoms. The van der Waals surface area contributed by atoms with Crippen molar-refractivity contribution >= 4 is 17.3 Å². The zero-order valence-corrected chi connectivity index (χ0v) is 8.71. The molecule has 0 aromatic carbocycles. The van der Waals surface area contributed by atoms with E-state index in [0.717, 1.165) is 17.2 Å². The molecule has 1 aromatic rings. The van der Waals surface area contributed by atoms with E-state index in [1.54, 1.807) is 6.20 Å². The second kappa shape index (κ2) is 3.89. The zero-order valence-electron chi connectivity index (χ0n) is 7.90. The number of nitrogens with one attached hydrogen (secondary N) is 2. The van der Waals surface area contributed by atoms with Gasteiger partial charge >= 0.3 is 0 Å². The summed E-state index contributed by atoms with van der Waals surface area (Å²) in [6.07, 6.45) is 3.71. The van der Waals surface area contributed by atoms with Crippen LogP contribution in [0.15, 0.2) is 24.5 Å². The molecule has 2 N–H and O–H groups in total. The van der Waals surface area contributed by atoms with Crippen molar-refractivity contribution in [3.8, 4) is 0 Å². The largest absolute Gasteiger partial charge is 0.327 e. The van der Waals surface area contributed by atoms with Gasteiger partial charge in [0, 0.05) is 24.5 Å². The Hall–Kier alpha value is -1.20. The molecular weight excluding hydrogens is 196 g/mol. The standard InChI is InChI=1S/C9H12N4S/c1-2-13-8(11-12-9(13)14)7-4-3-5-10-6-7/h3-6,8,11H,2H2,1H3,(H,12,14). The Morgan fingerprint density at radius 3 is 3.14 bits per heavy atom. The lowest BCUT2D eigenvalue weighted by atomic mass is 10.2. The van der Waals surface area contributed by atoms with E-state index < -0.39 is 0 Å². The van der Waals surface area contributed by atoms with Crippen LogP contribution in [0, 0.1) is 0 Å². The average molecular weight is 208 g/mol. The average Bonchev–Trinajstić information content (AvgIpc) is 2.61. The maximum absolute atomic E-state index is 5.15. The minimum absolute atomic E-state index is 0.0983. The van der Waals surface area contributed by atoms with Gasteiger partial charge in [-0.1, -0.05) is 6.07 Å². The minimum Gasteiger partial charge on any atom is -0.327 e. The summed E-state index contributed by atoms with van der Waals surface area (Å²) in [7, 11) is 0. The molecule has 0 aliphatic carbocycles. The third kappa shape index (κ3) is 1.56. The molecule has 14 heavy (non-hydrogen) atoms. The van der Waals surface area contributed by atoms with E-state index in [1.165, 1.54) is 0 Å². The van der Waals surface area contributed by atoms with E-state index in [2.05, 4.69) is 27.7 Å². The van der Waals surface area contributed by atoms with Crippen molar-refractivity contribution in [2.24, 2.45) is 0 Å². The number of hydrogen-bond donors (Lipinski definition) is 2. The molecule has 2 heterocycles. The first-order valence-corrected chi connectivity index (χ1v) is 4.96. The first-order valence-electron chi connectivity index (χ1n) is 4.55. The van der Waals surface area contributed by atoms with Crippen molar-refractivity contribution in [3.05, 3.63) is 30.1 Å². The van der Waals surface area contributed by atoms with Gasteiger partial charge in [0.15, 0.2) is 5.11 Å². The number of nitrogens with zero attached hydrogens (tertiary/aromatic N) is 2. The van der Waals surface area contributed by atoms with Gasteiger partial charge in [0.05, 0.1) is 0 Å². The van der Waals surface area contributed by atoms with Crippen LogP contribution in [-0.2, 0) is 0 Å². The first-order chi connectivity index (χ1) is 6.83. The maximum Gasteiger partial charge on any atom is 0.185 e. The molecule has 1 atom stereocenters. The lowest BCUT2D eigenvalue weighted by Gasteiger charge is -2.21. The quantitative estimate of drug-likeness (QED) is 0.703. The summed E-state index contributed by atoms with van der Waals surface area (Å²) in [6, 6.07) is 3.95. The summed E-state index contributed by atoms with van der Waals surface area (Å²) >= 11 is 5.15. The lowest BCUT2D eigenvalue weighted by Crippen LogP contribution is -2.29. The fourth-order valence-electron chi connectivity index (χ4n) is 1.52. The Balaban J connectivity index is 2.23. The van der Waals surface area contributed by atoms with Crippen molar-refractivity contribution in [1.82, 2.24) is 20.7 Å². The van der Waals surface area contributed by atoms with E-state index in [-0.39, 0.29) is 6.17 Å². The van der Waals surface area contributed by atoms with Gasteiger partial charge in [0.1, 0.15) is 6.17 Å². The molecule has 74 valence electrons. The fraction of sp³-hybridized carbons (Fsp3) is 0.333. The monoisotopic (exact) mass is 208 g/mol. The highest BCUT2D eigenvalue weighted by molar-refractivity contribution is 7.80. The summed E-state index contributed by atoms with van der Waals surface area (Å²) in [4.78, 5) is 6.16. The number of pyridine rings is 1. The van der Waals surface area contributed by atoms with E-state index >= 15 is 0 Å². The molecule has 1 saturated heterocycles. The molecule has 1 aliphatic heterocycles. The Bertz CT molecular complexity index is 327. The Labute approximate surface area is 88.3 Å². The van der Waals surface area contributed by atoms with Crippen LogP contribution in [-0.4, -0.2) is 21.5 Å². The van der Waals surface area contributed by atoms with Gasteiger partial charge in [-0.15, -0.1) is 0 Å². The predicted octanol–water partition coefficient (Wildman–Crippen LogP) is 0.795. The smallest absolute Gasteiger partial charge is 0.185 e. The van der Waals surface area contributed by atoms with Crippen LogP contribution in [0.5, 0.6) is 0 Å². The van der Waals surface area contributed by atoms with Crippen molar-refractivity contribution in [2.75, 3.05) is 6.54 Å². The molecule has 2 rings (SSSR count). The molecular formula is C9H12N4S. The van der Waals surface area contributed by atoms with Gasteiger partial charge in [-0.25, -0.2) is 5.43 Å². The molecule has 0 amide bonds. The van der Waals surface area contributed by atoms with Gasteiger partial charge < -0.3 is 4.90 Å². The van der Waals surface area contributed by atoms with Crippen LogP contribution < -0.4 is 10.9 Å². The topological polar surface area (TPSA) is 40.2 Å². The van der Waals surface area contributed by atoms with E-state index in [4.69, 9.17) is 12.2 Å². The third-order valence-corrected chi connectivity index (χ3v) is 2.57. The fourth-order valence-corrected chi connectivity index (χ4v) is 1.82. The van der Waals surface area contributed by atoms with Crippen LogP contribution in [0.1, 0.15) is 18.7 Å². The molecule has 0 saturated carbocycles. The van der Waals surface area contributed by atoms with Crippen molar-refractivity contribution in [1.29, 1.82) is 0 Å². The molecule has 1 fully saturated rings. The Morgan fingerprint density at radius 2 is 2.50 bits per heavy atom. The van der Waals surface area contributed by atoms with Crippen molar-refractivity contribution in [3.63, 3.8) is 0 Å². The molecule has 0 radical (unpaired) electrons. The van der Waals surface area contributed by atoms with Crippen LogP contribution in [0.2, 0.25) is 0 Å². The highest BCUT2D eigenvalue weighted by atomic mass is 32.1. The third-order valence-electron chi connectivity index (χ3n) is 2.23. The first kappa shape index (κ1) is 9.36. The minimum atomic E-state index is 0.0983. The summed E-state index contributed by atoms with van der Waals surface area (Å²) < 4.78 is 0. The summed E-state index contributed by atoms with van der Waals surface area (Å²) in [5.41, 5.74) is 7.18. The number of rotatable bonds is 2. The number of hydrogen-bond acceptors (Lipinski definition) is 3. The van der Waals surface area contributed by atoms with Gasteiger partial charge in [0.25, 0.3) is 0 Å². The Kier molecular flexibility index (Phi) is 2.60. The maximum atomic E-state index is 5.15. The second-order valence-electron chi connectivity index (χ2n) is 3.05. The van der Waals surface area contributed by atoms with Crippen molar-refractivity contribution < 1.29 is 0 Å². The molecule has 0 bridgehead atoms.